The van der Waals surface area contributed by atoms with Crippen molar-refractivity contribution >= 4 is 51.7 Å². The number of esters is 1. The smallest absolute Gasteiger partial charge is 0.357 e. The number of hydrogen-bond acceptors (Lipinski definition) is 6. The van der Waals surface area contributed by atoms with Crippen LogP contribution in [0.2, 0.25) is 5.02 Å². The van der Waals surface area contributed by atoms with Gasteiger partial charge in [-0.1, -0.05) is 29.8 Å². The second kappa shape index (κ2) is 9.86. The number of anilines is 2. The summed E-state index contributed by atoms with van der Waals surface area (Å²) in [5.41, 5.74) is 3.37. The van der Waals surface area contributed by atoms with Crippen molar-refractivity contribution in [2.45, 2.75) is 6.92 Å². The fourth-order valence-electron chi connectivity index (χ4n) is 2.32. The van der Waals surface area contributed by atoms with E-state index in [2.05, 4.69) is 15.7 Å². The Morgan fingerprint density at radius 1 is 1.10 bits per heavy atom. The molecular weight excluding hydrogens is 428 g/mol. The molecule has 0 saturated heterocycles. The van der Waals surface area contributed by atoms with Gasteiger partial charge < -0.3 is 10.1 Å². The zero-order valence-electron chi connectivity index (χ0n) is 15.8. The molecule has 2 aromatic carbocycles. The molecule has 0 aliphatic rings. The molecule has 30 heavy (non-hydrogen) atoms. The number of urea groups is 1. The van der Waals surface area contributed by atoms with Crippen molar-refractivity contribution in [1.29, 1.82) is 0 Å². The van der Waals surface area contributed by atoms with Gasteiger partial charge in [0.2, 0.25) is 5.13 Å². The molecule has 154 valence electrons. The molecular formula is C20H17ClN4O4S. The van der Waals surface area contributed by atoms with Crippen molar-refractivity contribution in [3.05, 3.63) is 76.3 Å². The van der Waals surface area contributed by atoms with E-state index in [1.165, 1.54) is 5.38 Å². The number of nitrogens with zero attached hydrogens (tertiary/aromatic N) is 2. The van der Waals surface area contributed by atoms with Crippen molar-refractivity contribution in [2.24, 2.45) is 0 Å². The lowest BCUT2D eigenvalue weighted by atomic mass is 10.2. The summed E-state index contributed by atoms with van der Waals surface area (Å²) in [7, 11) is 0. The number of hydrogen-bond donors (Lipinski definition) is 2. The van der Waals surface area contributed by atoms with Crippen LogP contribution in [0.25, 0.3) is 0 Å². The van der Waals surface area contributed by atoms with E-state index in [9.17, 15) is 14.4 Å². The largest absolute Gasteiger partial charge is 0.461 e. The summed E-state index contributed by atoms with van der Waals surface area (Å²) in [6, 6.07) is 14.2. The van der Waals surface area contributed by atoms with Crippen LogP contribution in [0.3, 0.4) is 0 Å². The number of nitrogens with one attached hydrogen (secondary N) is 2. The van der Waals surface area contributed by atoms with E-state index in [0.29, 0.717) is 16.3 Å². The monoisotopic (exact) mass is 444 g/mol. The second-order valence-corrected chi connectivity index (χ2v) is 7.09. The zero-order chi connectivity index (χ0) is 21.5. The quantitative estimate of drug-likeness (QED) is 0.450. The molecule has 0 saturated carbocycles. The highest BCUT2D eigenvalue weighted by atomic mass is 35.5. The van der Waals surface area contributed by atoms with E-state index in [1.54, 1.807) is 61.5 Å². The Balaban J connectivity index is 1.86. The number of carbonyl (C=O) groups excluding carboxylic acids is 3. The first-order valence-electron chi connectivity index (χ1n) is 8.83. The standard InChI is InChI=1S/C20H17ClN4O4S/c1-2-29-18(27)16-12-30-20(23-16)25(24-17(26)13-6-4-3-5-7-13)19(28)22-15-10-8-14(21)9-11-15/h3-12H,2H2,1H3,(H,22,28)(H,24,26). The Bertz CT molecular complexity index is 1040. The van der Waals surface area contributed by atoms with Crippen molar-refractivity contribution < 1.29 is 19.1 Å². The van der Waals surface area contributed by atoms with Gasteiger partial charge in [-0.2, -0.15) is 5.01 Å². The lowest BCUT2D eigenvalue weighted by Gasteiger charge is -2.21. The van der Waals surface area contributed by atoms with Gasteiger partial charge in [-0.05, 0) is 43.3 Å². The summed E-state index contributed by atoms with van der Waals surface area (Å²) in [6.07, 6.45) is 0. The Morgan fingerprint density at radius 2 is 1.80 bits per heavy atom. The summed E-state index contributed by atoms with van der Waals surface area (Å²) in [5, 5.41) is 5.65. The Morgan fingerprint density at radius 3 is 2.47 bits per heavy atom. The van der Waals surface area contributed by atoms with Gasteiger partial charge in [0.25, 0.3) is 5.91 Å². The molecule has 0 bridgehead atoms. The number of halogens is 1. The van der Waals surface area contributed by atoms with Crippen LogP contribution >= 0.6 is 22.9 Å². The molecule has 10 heteroatoms. The molecule has 3 aromatic rings. The highest BCUT2D eigenvalue weighted by Gasteiger charge is 2.24. The average molecular weight is 445 g/mol. The number of aromatic nitrogens is 1. The number of carbonyl (C=O) groups is 3. The van der Waals surface area contributed by atoms with Gasteiger partial charge in [0.15, 0.2) is 5.69 Å². The Kier molecular flexibility index (Phi) is 6.99. The lowest BCUT2D eigenvalue weighted by molar-refractivity contribution is 0.0520. The highest BCUT2D eigenvalue weighted by Crippen LogP contribution is 2.22. The van der Waals surface area contributed by atoms with Gasteiger partial charge in [-0.25, -0.2) is 14.6 Å². The van der Waals surface area contributed by atoms with E-state index in [4.69, 9.17) is 16.3 Å². The van der Waals surface area contributed by atoms with Gasteiger partial charge in [0.05, 0.1) is 6.61 Å². The average Bonchev–Trinajstić information content (AvgIpc) is 3.24. The van der Waals surface area contributed by atoms with E-state index < -0.39 is 17.9 Å². The molecule has 8 nitrogen and oxygen atoms in total. The molecule has 1 heterocycles. The first-order chi connectivity index (χ1) is 14.5. The van der Waals surface area contributed by atoms with Crippen LogP contribution in [0, 0.1) is 0 Å². The minimum atomic E-state index is -0.675. The molecule has 2 N–H and O–H groups in total. The number of benzene rings is 2. The summed E-state index contributed by atoms with van der Waals surface area (Å²) >= 11 is 6.88. The van der Waals surface area contributed by atoms with Crippen molar-refractivity contribution in [2.75, 3.05) is 16.9 Å². The van der Waals surface area contributed by atoms with Gasteiger partial charge in [0, 0.05) is 21.7 Å². The molecule has 1 aromatic heterocycles. The highest BCUT2D eigenvalue weighted by molar-refractivity contribution is 7.14. The molecule has 0 aliphatic carbocycles. The molecule has 3 amide bonds. The van der Waals surface area contributed by atoms with E-state index in [1.807, 2.05) is 0 Å². The van der Waals surface area contributed by atoms with Crippen LogP contribution in [0.5, 0.6) is 0 Å². The molecule has 0 atom stereocenters. The van der Waals surface area contributed by atoms with E-state index in [0.717, 1.165) is 16.3 Å². The van der Waals surface area contributed by atoms with Crippen LogP contribution in [-0.4, -0.2) is 29.5 Å². The van der Waals surface area contributed by atoms with E-state index in [-0.39, 0.29) is 17.4 Å². The maximum atomic E-state index is 12.9. The number of rotatable bonds is 5. The molecule has 0 radical (unpaired) electrons. The Labute approximate surface area is 181 Å². The predicted octanol–water partition coefficient (Wildman–Crippen LogP) is 4.36. The molecule has 0 aliphatic heterocycles. The summed E-state index contributed by atoms with van der Waals surface area (Å²) in [5.74, 6) is -1.14. The third-order valence-electron chi connectivity index (χ3n) is 3.72. The van der Waals surface area contributed by atoms with Gasteiger partial charge in [-0.3, -0.25) is 10.2 Å². The number of amides is 3. The third kappa shape index (κ3) is 5.34. The Hall–Kier alpha value is -3.43. The molecule has 0 spiro atoms. The maximum Gasteiger partial charge on any atom is 0.357 e. The normalized spacial score (nSPS) is 10.2. The summed E-state index contributed by atoms with van der Waals surface area (Å²) < 4.78 is 4.93. The number of ether oxygens (including phenoxy) is 1. The number of hydrazine groups is 1. The molecule has 3 rings (SSSR count). The lowest BCUT2D eigenvalue weighted by Crippen LogP contribution is -2.48. The van der Waals surface area contributed by atoms with Gasteiger partial charge in [0.1, 0.15) is 0 Å². The maximum absolute atomic E-state index is 12.9. The van der Waals surface area contributed by atoms with Crippen LogP contribution in [0.1, 0.15) is 27.8 Å². The van der Waals surface area contributed by atoms with Crippen LogP contribution < -0.4 is 15.8 Å². The third-order valence-corrected chi connectivity index (χ3v) is 4.79. The number of thiazole rings is 1. The SMILES string of the molecule is CCOC(=O)c1csc(N(NC(=O)c2ccccc2)C(=O)Nc2ccc(Cl)cc2)n1. The van der Waals surface area contributed by atoms with E-state index >= 15 is 0 Å². The minimum Gasteiger partial charge on any atom is -0.461 e. The van der Waals surface area contributed by atoms with Crippen LogP contribution in [-0.2, 0) is 4.74 Å². The van der Waals surface area contributed by atoms with Crippen molar-refractivity contribution in [1.82, 2.24) is 10.4 Å². The molecule has 0 unspecified atom stereocenters. The first-order valence-corrected chi connectivity index (χ1v) is 10.1. The van der Waals surface area contributed by atoms with Crippen molar-refractivity contribution in [3.63, 3.8) is 0 Å². The molecule has 0 fully saturated rings. The predicted molar refractivity (Wildman–Crippen MR) is 115 cm³/mol. The fourth-order valence-corrected chi connectivity index (χ4v) is 3.20. The fraction of sp³-hybridized carbons (Fsp3) is 0.100. The summed E-state index contributed by atoms with van der Waals surface area (Å²) in [4.78, 5) is 41.5. The summed E-state index contributed by atoms with van der Waals surface area (Å²) in [6.45, 7) is 1.87. The van der Waals surface area contributed by atoms with Crippen LogP contribution in [0.4, 0.5) is 15.6 Å². The minimum absolute atomic E-state index is 0.0371. The van der Waals surface area contributed by atoms with Crippen molar-refractivity contribution in [3.8, 4) is 0 Å². The second-order valence-electron chi connectivity index (χ2n) is 5.82. The van der Waals surface area contributed by atoms with Gasteiger partial charge >= 0.3 is 12.0 Å². The van der Waals surface area contributed by atoms with Gasteiger partial charge in [-0.15, -0.1) is 11.3 Å². The van der Waals surface area contributed by atoms with Crippen LogP contribution in [0.15, 0.2) is 60.0 Å². The topological polar surface area (TPSA) is 101 Å². The zero-order valence-corrected chi connectivity index (χ0v) is 17.4. The first kappa shape index (κ1) is 21.3.